The van der Waals surface area contributed by atoms with E-state index in [4.69, 9.17) is 9.47 Å². The fourth-order valence-electron chi connectivity index (χ4n) is 3.03. The number of carbonyl (C=O) groups is 1. The second-order valence-corrected chi connectivity index (χ2v) is 6.26. The molecule has 3 rings (SSSR count). The zero-order valence-electron chi connectivity index (χ0n) is 14.7. The number of hydrogen-bond donors (Lipinski definition) is 2. The van der Waals surface area contributed by atoms with E-state index in [0.717, 1.165) is 29.9 Å². The lowest BCUT2D eigenvalue weighted by molar-refractivity contribution is 0.214. The van der Waals surface area contributed by atoms with Crippen molar-refractivity contribution in [3.63, 3.8) is 0 Å². The minimum absolute atomic E-state index is 0.0435. The van der Waals surface area contributed by atoms with Crippen LogP contribution in [-0.2, 0) is 12.8 Å². The van der Waals surface area contributed by atoms with Crippen LogP contribution in [0.4, 0.5) is 4.79 Å². The number of fused-ring (bicyclic) bond motifs is 1. The topological polar surface area (TPSA) is 59.6 Å². The first-order valence-electron chi connectivity index (χ1n) is 8.54. The van der Waals surface area contributed by atoms with Gasteiger partial charge >= 0.3 is 6.03 Å². The van der Waals surface area contributed by atoms with Crippen molar-refractivity contribution in [3.05, 3.63) is 59.2 Å². The summed E-state index contributed by atoms with van der Waals surface area (Å²) in [5.41, 5.74) is 3.55. The molecule has 0 saturated heterocycles. The van der Waals surface area contributed by atoms with Crippen molar-refractivity contribution >= 4 is 6.03 Å². The average Bonchev–Trinajstić information content (AvgIpc) is 2.62. The van der Waals surface area contributed by atoms with Crippen molar-refractivity contribution < 1.29 is 14.3 Å². The maximum absolute atomic E-state index is 12.1. The van der Waals surface area contributed by atoms with Gasteiger partial charge in [0.25, 0.3) is 0 Å². The van der Waals surface area contributed by atoms with Gasteiger partial charge in [0, 0.05) is 6.54 Å². The third-order valence-electron chi connectivity index (χ3n) is 4.45. The summed E-state index contributed by atoms with van der Waals surface area (Å²) in [5.74, 6) is 1.66. The van der Waals surface area contributed by atoms with E-state index in [1.54, 1.807) is 7.11 Å². The average molecular weight is 340 g/mol. The van der Waals surface area contributed by atoms with Crippen molar-refractivity contribution in [2.75, 3.05) is 20.3 Å². The highest BCUT2D eigenvalue weighted by molar-refractivity contribution is 5.74. The molecule has 0 unspecified atom stereocenters. The molecule has 1 aliphatic heterocycles. The van der Waals surface area contributed by atoms with Gasteiger partial charge in [0.1, 0.15) is 18.1 Å². The summed E-state index contributed by atoms with van der Waals surface area (Å²) in [6.45, 7) is 3.17. The lowest BCUT2D eigenvalue weighted by Crippen LogP contribution is -2.47. The SMILES string of the molecule is COc1ccc2c(c1)C[C@H](NC(=O)NCCc1ccccc1C)CO2. The Hall–Kier alpha value is -2.69. The molecule has 2 amide bonds. The molecular weight excluding hydrogens is 316 g/mol. The lowest BCUT2D eigenvalue weighted by Gasteiger charge is -2.26. The largest absolute Gasteiger partial charge is 0.497 e. The molecule has 2 aromatic carbocycles. The minimum Gasteiger partial charge on any atom is -0.497 e. The Bertz CT molecular complexity index is 745. The summed E-state index contributed by atoms with van der Waals surface area (Å²) in [6.07, 6.45) is 1.55. The molecule has 2 N–H and O–H groups in total. The molecule has 0 radical (unpaired) electrons. The van der Waals surface area contributed by atoms with E-state index >= 15 is 0 Å². The van der Waals surface area contributed by atoms with Gasteiger partial charge in [0.05, 0.1) is 13.2 Å². The Labute approximate surface area is 148 Å². The normalized spacial score (nSPS) is 15.7. The zero-order chi connectivity index (χ0) is 17.6. The van der Waals surface area contributed by atoms with Crippen molar-refractivity contribution in [1.82, 2.24) is 10.6 Å². The van der Waals surface area contributed by atoms with Crippen molar-refractivity contribution in [3.8, 4) is 11.5 Å². The Balaban J connectivity index is 1.48. The summed E-state index contributed by atoms with van der Waals surface area (Å²) < 4.78 is 11.0. The van der Waals surface area contributed by atoms with Gasteiger partial charge in [-0.15, -0.1) is 0 Å². The highest BCUT2D eigenvalue weighted by atomic mass is 16.5. The number of methoxy groups -OCH3 is 1. The number of ether oxygens (including phenoxy) is 2. The molecule has 1 heterocycles. The van der Waals surface area contributed by atoms with Crippen LogP contribution in [0.25, 0.3) is 0 Å². The smallest absolute Gasteiger partial charge is 0.315 e. The van der Waals surface area contributed by atoms with Crippen LogP contribution in [0.3, 0.4) is 0 Å². The fourth-order valence-corrected chi connectivity index (χ4v) is 3.03. The van der Waals surface area contributed by atoms with Gasteiger partial charge in [-0.25, -0.2) is 4.79 Å². The summed E-state index contributed by atoms with van der Waals surface area (Å²) in [7, 11) is 1.64. The molecule has 132 valence electrons. The monoisotopic (exact) mass is 340 g/mol. The Morgan fingerprint density at radius 1 is 1.28 bits per heavy atom. The van der Waals surface area contributed by atoms with Gasteiger partial charge in [-0.3, -0.25) is 0 Å². The van der Waals surface area contributed by atoms with E-state index in [0.29, 0.717) is 13.2 Å². The first kappa shape index (κ1) is 17.1. The Morgan fingerprint density at radius 3 is 2.92 bits per heavy atom. The molecule has 1 aliphatic rings. The first-order valence-corrected chi connectivity index (χ1v) is 8.54. The van der Waals surface area contributed by atoms with Crippen LogP contribution in [0.5, 0.6) is 11.5 Å². The number of rotatable bonds is 5. The van der Waals surface area contributed by atoms with E-state index in [1.807, 2.05) is 30.3 Å². The van der Waals surface area contributed by atoms with Gasteiger partial charge in [-0.2, -0.15) is 0 Å². The van der Waals surface area contributed by atoms with Crippen molar-refractivity contribution in [1.29, 1.82) is 0 Å². The maximum atomic E-state index is 12.1. The third kappa shape index (κ3) is 4.44. The molecule has 1 atom stereocenters. The van der Waals surface area contributed by atoms with E-state index in [9.17, 15) is 4.79 Å². The van der Waals surface area contributed by atoms with Crippen molar-refractivity contribution in [2.24, 2.45) is 0 Å². The molecule has 5 nitrogen and oxygen atoms in total. The molecule has 0 aromatic heterocycles. The van der Waals surface area contributed by atoms with Gasteiger partial charge in [0.15, 0.2) is 0 Å². The zero-order valence-corrected chi connectivity index (χ0v) is 14.7. The Kier molecular flexibility index (Phi) is 5.43. The van der Waals surface area contributed by atoms with E-state index in [2.05, 4.69) is 29.7 Å². The van der Waals surface area contributed by atoms with Gasteiger partial charge in [-0.05, 0) is 54.7 Å². The predicted octanol–water partition coefficient (Wildman–Crippen LogP) is 2.85. The molecular formula is C20H24N2O3. The van der Waals surface area contributed by atoms with Crippen LogP contribution in [0, 0.1) is 6.92 Å². The van der Waals surface area contributed by atoms with Crippen LogP contribution in [0.2, 0.25) is 0 Å². The Morgan fingerprint density at radius 2 is 2.12 bits per heavy atom. The number of nitrogens with one attached hydrogen (secondary N) is 2. The van der Waals surface area contributed by atoms with E-state index < -0.39 is 0 Å². The van der Waals surface area contributed by atoms with Crippen LogP contribution < -0.4 is 20.1 Å². The maximum Gasteiger partial charge on any atom is 0.315 e. The van der Waals surface area contributed by atoms with Gasteiger partial charge in [-0.1, -0.05) is 24.3 Å². The molecule has 0 spiro atoms. The summed E-state index contributed by atoms with van der Waals surface area (Å²) in [4.78, 5) is 12.1. The molecule has 2 aromatic rings. The molecule has 0 bridgehead atoms. The van der Waals surface area contributed by atoms with E-state index in [1.165, 1.54) is 11.1 Å². The van der Waals surface area contributed by atoms with Gasteiger partial charge < -0.3 is 20.1 Å². The minimum atomic E-state index is -0.159. The van der Waals surface area contributed by atoms with Crippen LogP contribution >= 0.6 is 0 Å². The van der Waals surface area contributed by atoms with Crippen LogP contribution in [-0.4, -0.2) is 32.3 Å². The second kappa shape index (κ2) is 7.92. The van der Waals surface area contributed by atoms with Crippen LogP contribution in [0.1, 0.15) is 16.7 Å². The summed E-state index contributed by atoms with van der Waals surface area (Å²) >= 11 is 0. The number of aryl methyl sites for hydroxylation is 1. The number of benzene rings is 2. The van der Waals surface area contributed by atoms with Crippen molar-refractivity contribution in [2.45, 2.75) is 25.8 Å². The first-order chi connectivity index (χ1) is 12.2. The molecule has 0 fully saturated rings. The molecule has 5 heteroatoms. The number of carbonyl (C=O) groups excluding carboxylic acids is 1. The standard InChI is InChI=1S/C20H24N2O3/c1-14-5-3-4-6-15(14)9-10-21-20(23)22-17-11-16-12-18(24-2)7-8-19(16)25-13-17/h3-8,12,17H,9-11,13H2,1-2H3,(H2,21,22,23)/t17-/m0/s1. The van der Waals surface area contributed by atoms with Crippen LogP contribution in [0.15, 0.2) is 42.5 Å². The molecule has 25 heavy (non-hydrogen) atoms. The quantitative estimate of drug-likeness (QED) is 0.880. The lowest BCUT2D eigenvalue weighted by atomic mass is 10.0. The number of amides is 2. The summed E-state index contributed by atoms with van der Waals surface area (Å²) in [6, 6.07) is 13.8. The highest BCUT2D eigenvalue weighted by Crippen LogP contribution is 2.28. The number of urea groups is 1. The van der Waals surface area contributed by atoms with E-state index in [-0.39, 0.29) is 12.1 Å². The molecule has 0 aliphatic carbocycles. The van der Waals surface area contributed by atoms with Gasteiger partial charge in [0.2, 0.25) is 0 Å². The second-order valence-electron chi connectivity index (χ2n) is 6.26. The predicted molar refractivity (Wildman–Crippen MR) is 97.4 cm³/mol. The fraction of sp³-hybridized carbons (Fsp3) is 0.350. The molecule has 0 saturated carbocycles. The highest BCUT2D eigenvalue weighted by Gasteiger charge is 2.21. The number of hydrogen-bond acceptors (Lipinski definition) is 3. The third-order valence-corrected chi connectivity index (χ3v) is 4.45. The summed E-state index contributed by atoms with van der Waals surface area (Å²) in [5, 5.41) is 5.90.